The molecule has 2 rings (SSSR count). The van der Waals surface area contributed by atoms with E-state index in [1.54, 1.807) is 24.4 Å². The van der Waals surface area contributed by atoms with Crippen molar-refractivity contribution in [1.82, 2.24) is 9.71 Å². The summed E-state index contributed by atoms with van der Waals surface area (Å²) in [6, 6.07) is 7.46. The van der Waals surface area contributed by atoms with Crippen LogP contribution in [-0.2, 0) is 16.4 Å². The Morgan fingerprint density at radius 2 is 1.80 bits per heavy atom. The Morgan fingerprint density at radius 1 is 1.10 bits per heavy atom. The normalized spacial score (nSPS) is 11.5. The molecule has 0 saturated carbocycles. The van der Waals surface area contributed by atoms with E-state index in [1.807, 2.05) is 0 Å². The van der Waals surface area contributed by atoms with E-state index in [-0.39, 0.29) is 6.54 Å². The van der Waals surface area contributed by atoms with Crippen LogP contribution in [0.1, 0.15) is 5.69 Å². The van der Waals surface area contributed by atoms with Gasteiger partial charge in [0.15, 0.2) is 0 Å². The highest BCUT2D eigenvalue weighted by Gasteiger charge is 2.15. The lowest BCUT2D eigenvalue weighted by molar-refractivity contribution is 0.561. The Morgan fingerprint density at radius 3 is 2.40 bits per heavy atom. The lowest BCUT2D eigenvalue weighted by atomic mass is 10.3. The van der Waals surface area contributed by atoms with E-state index in [4.69, 9.17) is 0 Å². The number of pyridine rings is 1. The van der Waals surface area contributed by atoms with Gasteiger partial charge in [-0.25, -0.2) is 21.9 Å². The zero-order valence-corrected chi connectivity index (χ0v) is 11.2. The van der Waals surface area contributed by atoms with Gasteiger partial charge in [0, 0.05) is 30.9 Å². The molecule has 0 fully saturated rings. The molecule has 1 aromatic carbocycles. The zero-order chi connectivity index (χ0) is 14.6. The zero-order valence-electron chi connectivity index (χ0n) is 10.4. The van der Waals surface area contributed by atoms with Crippen molar-refractivity contribution in [2.75, 3.05) is 6.54 Å². The predicted octanol–water partition coefficient (Wildman–Crippen LogP) is 1.88. The maximum atomic E-state index is 13.0. The standard InChI is InChI=1S/C13H12F2N2O2S/c14-10-7-11(15)9-13(8-10)20(18,19)17-6-4-12-3-1-2-5-16-12/h1-3,5,7-9,17H,4,6H2. The smallest absolute Gasteiger partial charge is 0.240 e. The molecule has 1 aromatic heterocycles. The van der Waals surface area contributed by atoms with Gasteiger partial charge >= 0.3 is 0 Å². The molecule has 0 radical (unpaired) electrons. The number of hydrogen-bond acceptors (Lipinski definition) is 3. The summed E-state index contributed by atoms with van der Waals surface area (Å²) >= 11 is 0. The van der Waals surface area contributed by atoms with E-state index < -0.39 is 26.6 Å². The van der Waals surface area contributed by atoms with Gasteiger partial charge in [-0.05, 0) is 24.3 Å². The molecule has 0 amide bonds. The summed E-state index contributed by atoms with van der Waals surface area (Å²) < 4.78 is 52.0. The van der Waals surface area contributed by atoms with Crippen molar-refractivity contribution in [3.05, 3.63) is 59.9 Å². The Kier molecular flexibility index (Phi) is 4.41. The van der Waals surface area contributed by atoms with E-state index in [1.165, 1.54) is 0 Å². The third-order valence-corrected chi connectivity index (χ3v) is 3.99. The van der Waals surface area contributed by atoms with E-state index in [0.29, 0.717) is 12.5 Å². The molecule has 0 saturated heterocycles. The number of hydrogen-bond donors (Lipinski definition) is 1. The number of sulfonamides is 1. The van der Waals surface area contributed by atoms with Crippen LogP contribution < -0.4 is 4.72 Å². The fourth-order valence-electron chi connectivity index (χ4n) is 1.63. The summed E-state index contributed by atoms with van der Waals surface area (Å²) in [4.78, 5) is 3.61. The van der Waals surface area contributed by atoms with Gasteiger partial charge in [-0.15, -0.1) is 0 Å². The second kappa shape index (κ2) is 6.06. The SMILES string of the molecule is O=S(=O)(NCCc1ccccn1)c1cc(F)cc(F)c1. The number of rotatable bonds is 5. The van der Waals surface area contributed by atoms with Gasteiger partial charge in [0.1, 0.15) is 11.6 Å². The monoisotopic (exact) mass is 298 g/mol. The molecule has 0 spiro atoms. The summed E-state index contributed by atoms with van der Waals surface area (Å²) in [6.07, 6.45) is 1.99. The van der Waals surface area contributed by atoms with Crippen LogP contribution in [0.3, 0.4) is 0 Å². The van der Waals surface area contributed by atoms with Gasteiger partial charge in [-0.2, -0.15) is 0 Å². The molecule has 2 aromatic rings. The van der Waals surface area contributed by atoms with Gasteiger partial charge in [0.25, 0.3) is 0 Å². The summed E-state index contributed by atoms with van der Waals surface area (Å²) in [5.41, 5.74) is 0.723. The lowest BCUT2D eigenvalue weighted by Gasteiger charge is -2.07. The van der Waals surface area contributed by atoms with Gasteiger partial charge in [0.2, 0.25) is 10.0 Å². The Bertz CT molecular complexity index is 671. The molecule has 0 atom stereocenters. The van der Waals surface area contributed by atoms with Crippen LogP contribution in [0.2, 0.25) is 0 Å². The number of benzene rings is 1. The highest BCUT2D eigenvalue weighted by molar-refractivity contribution is 7.89. The molecule has 7 heteroatoms. The van der Waals surface area contributed by atoms with Gasteiger partial charge < -0.3 is 0 Å². The summed E-state index contributed by atoms with van der Waals surface area (Å²) in [7, 11) is -3.93. The van der Waals surface area contributed by atoms with Crippen molar-refractivity contribution in [2.45, 2.75) is 11.3 Å². The van der Waals surface area contributed by atoms with Crippen molar-refractivity contribution < 1.29 is 17.2 Å². The average Bonchev–Trinajstić information content (AvgIpc) is 2.38. The van der Waals surface area contributed by atoms with Crippen LogP contribution in [0.15, 0.2) is 47.5 Å². The Balaban J connectivity index is 2.04. The largest absolute Gasteiger partial charge is 0.261 e. The number of halogens is 2. The second-order valence-corrected chi connectivity index (χ2v) is 5.84. The highest BCUT2D eigenvalue weighted by atomic mass is 32.2. The lowest BCUT2D eigenvalue weighted by Crippen LogP contribution is -2.26. The van der Waals surface area contributed by atoms with Crippen LogP contribution in [-0.4, -0.2) is 19.9 Å². The molecule has 0 aliphatic heterocycles. The van der Waals surface area contributed by atoms with Crippen LogP contribution in [0.25, 0.3) is 0 Å². The third-order valence-electron chi connectivity index (χ3n) is 2.55. The Labute approximate surface area is 115 Å². The quantitative estimate of drug-likeness (QED) is 0.917. The molecule has 0 bridgehead atoms. The number of aromatic nitrogens is 1. The summed E-state index contributed by atoms with van der Waals surface area (Å²) in [5.74, 6) is -1.87. The van der Waals surface area contributed by atoms with Crippen molar-refractivity contribution in [3.63, 3.8) is 0 Å². The average molecular weight is 298 g/mol. The van der Waals surface area contributed by atoms with E-state index in [9.17, 15) is 17.2 Å². The summed E-state index contributed by atoms with van der Waals surface area (Å²) in [6.45, 7) is 0.0947. The maximum absolute atomic E-state index is 13.0. The predicted molar refractivity (Wildman–Crippen MR) is 69.5 cm³/mol. The molecule has 1 N–H and O–H groups in total. The minimum atomic E-state index is -3.93. The third kappa shape index (κ3) is 3.82. The van der Waals surface area contributed by atoms with Crippen LogP contribution in [0, 0.1) is 11.6 Å². The van der Waals surface area contributed by atoms with Crippen LogP contribution in [0.4, 0.5) is 8.78 Å². The summed E-state index contributed by atoms with van der Waals surface area (Å²) in [5, 5.41) is 0. The molecule has 0 unspecified atom stereocenters. The first kappa shape index (κ1) is 14.5. The molecule has 0 aliphatic rings. The molecule has 20 heavy (non-hydrogen) atoms. The fourth-order valence-corrected chi connectivity index (χ4v) is 2.70. The molecular formula is C13H12F2N2O2S. The minimum absolute atomic E-state index is 0.0947. The van der Waals surface area contributed by atoms with Crippen molar-refractivity contribution in [3.8, 4) is 0 Å². The number of nitrogens with zero attached hydrogens (tertiary/aromatic N) is 1. The van der Waals surface area contributed by atoms with E-state index in [0.717, 1.165) is 17.8 Å². The first-order valence-electron chi connectivity index (χ1n) is 5.83. The molecule has 4 nitrogen and oxygen atoms in total. The minimum Gasteiger partial charge on any atom is -0.261 e. The molecule has 106 valence electrons. The van der Waals surface area contributed by atoms with E-state index in [2.05, 4.69) is 9.71 Å². The topological polar surface area (TPSA) is 59.1 Å². The molecule has 0 aliphatic carbocycles. The maximum Gasteiger partial charge on any atom is 0.240 e. The van der Waals surface area contributed by atoms with E-state index >= 15 is 0 Å². The van der Waals surface area contributed by atoms with Crippen molar-refractivity contribution in [2.24, 2.45) is 0 Å². The van der Waals surface area contributed by atoms with Gasteiger partial charge in [-0.1, -0.05) is 6.07 Å². The van der Waals surface area contributed by atoms with Crippen LogP contribution >= 0.6 is 0 Å². The van der Waals surface area contributed by atoms with Crippen molar-refractivity contribution >= 4 is 10.0 Å². The second-order valence-electron chi connectivity index (χ2n) is 4.07. The first-order chi connectivity index (χ1) is 9.47. The molecular weight excluding hydrogens is 286 g/mol. The van der Waals surface area contributed by atoms with Crippen molar-refractivity contribution in [1.29, 1.82) is 0 Å². The Hall–Kier alpha value is -1.86. The van der Waals surface area contributed by atoms with Gasteiger partial charge in [-0.3, -0.25) is 4.98 Å². The fraction of sp³-hybridized carbons (Fsp3) is 0.154. The number of nitrogens with one attached hydrogen (secondary N) is 1. The first-order valence-corrected chi connectivity index (χ1v) is 7.31. The highest BCUT2D eigenvalue weighted by Crippen LogP contribution is 2.13. The van der Waals surface area contributed by atoms with Gasteiger partial charge in [0.05, 0.1) is 4.90 Å². The van der Waals surface area contributed by atoms with Crippen LogP contribution in [0.5, 0.6) is 0 Å². The molecule has 1 heterocycles.